The van der Waals surface area contributed by atoms with Crippen LogP contribution in [0.5, 0.6) is 0 Å². The summed E-state index contributed by atoms with van der Waals surface area (Å²) < 4.78 is 5.19. The molecule has 1 aliphatic rings. The van der Waals surface area contributed by atoms with Crippen molar-refractivity contribution in [3.05, 3.63) is 17.1 Å². The first-order valence-corrected chi connectivity index (χ1v) is 6.11. The maximum Gasteiger partial charge on any atom is 0.133 e. The molecule has 2 N–H and O–H groups in total. The van der Waals surface area contributed by atoms with E-state index in [0.717, 1.165) is 35.0 Å². The van der Waals surface area contributed by atoms with E-state index in [1.807, 2.05) is 18.7 Å². The summed E-state index contributed by atoms with van der Waals surface area (Å²) in [6.07, 6.45) is 0.857. The van der Waals surface area contributed by atoms with E-state index in [1.165, 1.54) is 0 Å². The Morgan fingerprint density at radius 2 is 2.27 bits per heavy atom. The Hall–Kier alpha value is -0.810. The summed E-state index contributed by atoms with van der Waals surface area (Å²) in [6, 6.07) is 0. The van der Waals surface area contributed by atoms with Gasteiger partial charge in [-0.25, -0.2) is 9.97 Å². The molecule has 1 aromatic rings. The Morgan fingerprint density at radius 3 is 3.00 bits per heavy atom. The van der Waals surface area contributed by atoms with Gasteiger partial charge in [0, 0.05) is 30.6 Å². The minimum atomic E-state index is 0.136. The summed E-state index contributed by atoms with van der Waals surface area (Å²) in [5.74, 6) is 3.34. The van der Waals surface area contributed by atoms with Gasteiger partial charge in [0.2, 0.25) is 0 Å². The molecule has 2 heterocycles. The van der Waals surface area contributed by atoms with Crippen molar-refractivity contribution in [1.82, 2.24) is 9.97 Å². The number of nitrogens with zero attached hydrogens (tertiary/aromatic N) is 2. The van der Waals surface area contributed by atoms with Crippen LogP contribution in [0.15, 0.2) is 0 Å². The quantitative estimate of drug-likeness (QED) is 0.842. The van der Waals surface area contributed by atoms with Gasteiger partial charge in [-0.1, -0.05) is 0 Å². The maximum atomic E-state index is 5.88. The third kappa shape index (κ3) is 2.23. The third-order valence-electron chi connectivity index (χ3n) is 2.53. The first-order chi connectivity index (χ1) is 7.20. The van der Waals surface area contributed by atoms with Gasteiger partial charge in [0.15, 0.2) is 0 Å². The van der Waals surface area contributed by atoms with Crippen LogP contribution in [0.2, 0.25) is 0 Å². The van der Waals surface area contributed by atoms with E-state index < -0.39 is 0 Å². The summed E-state index contributed by atoms with van der Waals surface area (Å²) in [7, 11) is 1.69. The van der Waals surface area contributed by atoms with Crippen molar-refractivity contribution in [3.8, 4) is 0 Å². The Labute approximate surface area is 93.6 Å². The van der Waals surface area contributed by atoms with Crippen LogP contribution in [-0.4, -0.2) is 23.2 Å². The molecule has 1 atom stereocenters. The molecule has 0 saturated heterocycles. The first kappa shape index (κ1) is 10.7. The van der Waals surface area contributed by atoms with Crippen molar-refractivity contribution in [1.29, 1.82) is 0 Å². The highest BCUT2D eigenvalue weighted by atomic mass is 32.2. The molecule has 5 heteroatoms. The van der Waals surface area contributed by atoms with Gasteiger partial charge >= 0.3 is 0 Å². The molecule has 0 fully saturated rings. The van der Waals surface area contributed by atoms with Gasteiger partial charge in [0.25, 0.3) is 0 Å². The standard InChI is InChI=1S/C10H15N3OS/c1-6(14-2)3-9-12-8-5-15-4-7(8)10(11)13-9/h6H,3-5H2,1-2H3,(H2,11,12,13). The van der Waals surface area contributed by atoms with Gasteiger partial charge in [0.1, 0.15) is 11.6 Å². The highest BCUT2D eigenvalue weighted by molar-refractivity contribution is 7.98. The Kier molecular flexibility index (Phi) is 3.11. The molecule has 0 spiro atoms. The smallest absolute Gasteiger partial charge is 0.133 e. The van der Waals surface area contributed by atoms with Gasteiger partial charge in [-0.2, -0.15) is 11.8 Å². The lowest BCUT2D eigenvalue weighted by Gasteiger charge is -2.10. The highest BCUT2D eigenvalue weighted by Gasteiger charge is 2.18. The monoisotopic (exact) mass is 225 g/mol. The summed E-state index contributed by atoms with van der Waals surface area (Å²) >= 11 is 1.84. The average molecular weight is 225 g/mol. The molecule has 1 aromatic heterocycles. The van der Waals surface area contributed by atoms with Gasteiger partial charge in [-0.15, -0.1) is 0 Å². The number of methoxy groups -OCH3 is 1. The van der Waals surface area contributed by atoms with Gasteiger partial charge in [-0.3, -0.25) is 0 Å². The molecule has 0 bridgehead atoms. The lowest BCUT2D eigenvalue weighted by Crippen LogP contribution is -2.13. The van der Waals surface area contributed by atoms with Crippen LogP contribution in [0.1, 0.15) is 24.0 Å². The van der Waals surface area contributed by atoms with Crippen molar-refractivity contribution < 1.29 is 4.74 Å². The topological polar surface area (TPSA) is 61.0 Å². The van der Waals surface area contributed by atoms with Gasteiger partial charge in [0.05, 0.1) is 11.8 Å². The second-order valence-corrected chi connectivity index (χ2v) is 4.68. The maximum absolute atomic E-state index is 5.88. The minimum absolute atomic E-state index is 0.136. The van der Waals surface area contributed by atoms with E-state index in [9.17, 15) is 0 Å². The van der Waals surface area contributed by atoms with Crippen LogP contribution in [0.3, 0.4) is 0 Å². The van der Waals surface area contributed by atoms with Crippen LogP contribution in [0, 0.1) is 0 Å². The number of hydrogen-bond acceptors (Lipinski definition) is 5. The van der Waals surface area contributed by atoms with E-state index in [2.05, 4.69) is 9.97 Å². The predicted molar refractivity (Wildman–Crippen MR) is 61.6 cm³/mol. The van der Waals surface area contributed by atoms with Gasteiger partial charge < -0.3 is 10.5 Å². The SMILES string of the molecule is COC(C)Cc1nc(N)c2c(n1)CSC2. The summed E-state index contributed by atoms with van der Waals surface area (Å²) in [6.45, 7) is 2.00. The fraction of sp³-hybridized carbons (Fsp3) is 0.600. The number of thioether (sulfide) groups is 1. The molecule has 15 heavy (non-hydrogen) atoms. The molecule has 0 radical (unpaired) electrons. The van der Waals surface area contributed by atoms with E-state index in [1.54, 1.807) is 7.11 Å². The summed E-state index contributed by atoms with van der Waals surface area (Å²) in [4.78, 5) is 8.82. The van der Waals surface area contributed by atoms with Crippen LogP contribution in [0.25, 0.3) is 0 Å². The molecule has 1 aliphatic heterocycles. The fourth-order valence-electron chi connectivity index (χ4n) is 1.56. The largest absolute Gasteiger partial charge is 0.383 e. The zero-order valence-corrected chi connectivity index (χ0v) is 9.80. The molecule has 4 nitrogen and oxygen atoms in total. The van der Waals surface area contributed by atoms with Crippen molar-refractivity contribution in [2.75, 3.05) is 12.8 Å². The number of fused-ring (bicyclic) bond motifs is 1. The van der Waals surface area contributed by atoms with E-state index in [4.69, 9.17) is 10.5 Å². The molecule has 1 unspecified atom stereocenters. The predicted octanol–water partition coefficient (Wildman–Crippen LogP) is 1.38. The second kappa shape index (κ2) is 4.37. The number of rotatable bonds is 3. The Bertz CT molecular complexity index is 370. The number of ether oxygens (including phenoxy) is 1. The molecule has 0 aromatic carbocycles. The molecular weight excluding hydrogens is 210 g/mol. The van der Waals surface area contributed by atoms with Crippen LogP contribution in [-0.2, 0) is 22.7 Å². The minimum Gasteiger partial charge on any atom is -0.383 e. The van der Waals surface area contributed by atoms with Crippen LogP contribution >= 0.6 is 11.8 Å². The molecule has 0 aliphatic carbocycles. The van der Waals surface area contributed by atoms with Crippen LogP contribution in [0.4, 0.5) is 5.82 Å². The first-order valence-electron chi connectivity index (χ1n) is 4.95. The van der Waals surface area contributed by atoms with Crippen molar-refractivity contribution in [2.45, 2.75) is 31.0 Å². The van der Waals surface area contributed by atoms with E-state index >= 15 is 0 Å². The normalized spacial score (nSPS) is 16.4. The molecule has 2 rings (SSSR count). The second-order valence-electron chi connectivity index (χ2n) is 3.69. The molecule has 0 amide bonds. The summed E-state index contributed by atoms with van der Waals surface area (Å²) in [5, 5.41) is 0. The lowest BCUT2D eigenvalue weighted by atomic mass is 10.2. The van der Waals surface area contributed by atoms with Crippen molar-refractivity contribution in [3.63, 3.8) is 0 Å². The summed E-state index contributed by atoms with van der Waals surface area (Å²) in [5.41, 5.74) is 8.11. The van der Waals surface area contributed by atoms with Gasteiger partial charge in [-0.05, 0) is 6.92 Å². The third-order valence-corrected chi connectivity index (χ3v) is 3.50. The fourth-order valence-corrected chi connectivity index (χ4v) is 2.61. The average Bonchev–Trinajstić information content (AvgIpc) is 2.66. The van der Waals surface area contributed by atoms with Crippen LogP contribution < -0.4 is 5.73 Å². The van der Waals surface area contributed by atoms with Crippen molar-refractivity contribution >= 4 is 17.6 Å². The Balaban J connectivity index is 2.23. The number of nitrogens with two attached hydrogens (primary N) is 1. The Morgan fingerprint density at radius 1 is 1.47 bits per heavy atom. The van der Waals surface area contributed by atoms with Crippen molar-refractivity contribution in [2.24, 2.45) is 0 Å². The molecule has 0 saturated carbocycles. The van der Waals surface area contributed by atoms with E-state index in [-0.39, 0.29) is 6.10 Å². The zero-order valence-electron chi connectivity index (χ0n) is 8.99. The number of anilines is 1. The highest BCUT2D eigenvalue weighted by Crippen LogP contribution is 2.31. The van der Waals surface area contributed by atoms with E-state index in [0.29, 0.717) is 5.82 Å². The number of nitrogen functional groups attached to an aromatic ring is 1. The number of aromatic nitrogens is 2. The zero-order chi connectivity index (χ0) is 10.8. The lowest BCUT2D eigenvalue weighted by molar-refractivity contribution is 0.117. The molecular formula is C10H15N3OS. The molecule has 82 valence electrons. The number of hydrogen-bond donors (Lipinski definition) is 1.